The van der Waals surface area contributed by atoms with Gasteiger partial charge in [0.05, 0.1) is 0 Å². The summed E-state index contributed by atoms with van der Waals surface area (Å²) in [5, 5.41) is 0. The number of imide groups is 1. The van der Waals surface area contributed by atoms with Gasteiger partial charge in [0.25, 0.3) is 0 Å². The van der Waals surface area contributed by atoms with Crippen LogP contribution in [0.2, 0.25) is 0 Å². The van der Waals surface area contributed by atoms with Crippen molar-refractivity contribution in [2.75, 3.05) is 6.61 Å². The van der Waals surface area contributed by atoms with Crippen molar-refractivity contribution >= 4 is 12.0 Å². The molecule has 0 N–H and O–H groups in total. The van der Waals surface area contributed by atoms with Crippen LogP contribution in [-0.2, 0) is 9.53 Å². The molecule has 1 aliphatic heterocycles. The third-order valence-electron chi connectivity index (χ3n) is 4.75. The Morgan fingerprint density at radius 3 is 2.28 bits per heavy atom. The normalized spacial score (nSPS) is 18.3. The van der Waals surface area contributed by atoms with Gasteiger partial charge < -0.3 is 4.74 Å². The second-order valence-electron chi connectivity index (χ2n) is 6.73. The lowest BCUT2D eigenvalue weighted by Crippen LogP contribution is -2.35. The Balaban J connectivity index is 1.81. The maximum absolute atomic E-state index is 13.0. The average Bonchev–Trinajstić information content (AvgIpc) is 3.02. The van der Waals surface area contributed by atoms with Crippen LogP contribution >= 0.6 is 0 Å². The molecule has 4 nitrogen and oxygen atoms in total. The molecule has 2 atom stereocenters. The SMILES string of the molecule is CC(C)[C@H](CC(=O)N1C(=O)OC[C@@H]1c1ccccc1)c1ccccc1. The fourth-order valence-electron chi connectivity index (χ4n) is 3.34. The molecule has 1 aliphatic rings. The first-order valence-corrected chi connectivity index (χ1v) is 8.66. The van der Waals surface area contributed by atoms with E-state index in [9.17, 15) is 9.59 Å². The zero-order valence-corrected chi connectivity index (χ0v) is 14.6. The minimum Gasteiger partial charge on any atom is -0.446 e. The quantitative estimate of drug-likeness (QED) is 0.805. The van der Waals surface area contributed by atoms with Crippen LogP contribution in [0.25, 0.3) is 0 Å². The lowest BCUT2D eigenvalue weighted by atomic mass is 9.85. The Bertz CT molecular complexity index is 727. The number of ether oxygens (including phenoxy) is 1. The summed E-state index contributed by atoms with van der Waals surface area (Å²) in [6, 6.07) is 19.2. The zero-order chi connectivity index (χ0) is 17.8. The summed E-state index contributed by atoms with van der Waals surface area (Å²) >= 11 is 0. The highest BCUT2D eigenvalue weighted by Crippen LogP contribution is 2.33. The van der Waals surface area contributed by atoms with Gasteiger partial charge in [0.15, 0.2) is 0 Å². The molecule has 3 rings (SSSR count). The van der Waals surface area contributed by atoms with Crippen LogP contribution in [0.3, 0.4) is 0 Å². The van der Waals surface area contributed by atoms with Gasteiger partial charge in [-0.05, 0) is 23.0 Å². The number of cyclic esters (lactones) is 1. The van der Waals surface area contributed by atoms with E-state index < -0.39 is 6.09 Å². The first-order chi connectivity index (χ1) is 12.1. The second-order valence-corrected chi connectivity index (χ2v) is 6.73. The van der Waals surface area contributed by atoms with E-state index in [2.05, 4.69) is 13.8 Å². The van der Waals surface area contributed by atoms with Gasteiger partial charge in [-0.2, -0.15) is 0 Å². The zero-order valence-electron chi connectivity index (χ0n) is 14.6. The van der Waals surface area contributed by atoms with Crippen molar-refractivity contribution in [3.8, 4) is 0 Å². The topological polar surface area (TPSA) is 46.6 Å². The number of rotatable bonds is 5. The van der Waals surface area contributed by atoms with E-state index >= 15 is 0 Å². The Kier molecular flexibility index (Phi) is 5.17. The van der Waals surface area contributed by atoms with Crippen LogP contribution in [0.1, 0.15) is 43.4 Å². The molecular weight excluding hydrogens is 314 g/mol. The highest BCUT2D eigenvalue weighted by molar-refractivity contribution is 5.94. The molecule has 0 radical (unpaired) electrons. The van der Waals surface area contributed by atoms with Crippen LogP contribution < -0.4 is 0 Å². The van der Waals surface area contributed by atoms with Gasteiger partial charge in [-0.25, -0.2) is 9.69 Å². The molecule has 2 amide bonds. The number of hydrogen-bond acceptors (Lipinski definition) is 3. The number of carbonyl (C=O) groups excluding carboxylic acids is 2. The molecule has 1 saturated heterocycles. The molecule has 0 spiro atoms. The third kappa shape index (κ3) is 3.73. The van der Waals surface area contributed by atoms with Gasteiger partial charge in [0, 0.05) is 6.42 Å². The molecule has 0 saturated carbocycles. The number of amides is 2. The van der Waals surface area contributed by atoms with E-state index in [0.29, 0.717) is 12.3 Å². The number of carbonyl (C=O) groups is 2. The predicted octanol–water partition coefficient (Wildman–Crippen LogP) is 4.54. The molecule has 0 aliphatic carbocycles. The lowest BCUT2D eigenvalue weighted by Gasteiger charge is -2.25. The van der Waals surface area contributed by atoms with Gasteiger partial charge in [-0.1, -0.05) is 74.5 Å². The van der Waals surface area contributed by atoms with Gasteiger partial charge >= 0.3 is 6.09 Å². The van der Waals surface area contributed by atoms with Crippen molar-refractivity contribution in [3.63, 3.8) is 0 Å². The van der Waals surface area contributed by atoms with E-state index in [0.717, 1.165) is 11.1 Å². The van der Waals surface area contributed by atoms with Crippen LogP contribution in [0.5, 0.6) is 0 Å². The smallest absolute Gasteiger partial charge is 0.417 e. The van der Waals surface area contributed by atoms with Crippen molar-refractivity contribution in [2.45, 2.75) is 32.2 Å². The van der Waals surface area contributed by atoms with Gasteiger partial charge in [0.2, 0.25) is 5.91 Å². The summed E-state index contributed by atoms with van der Waals surface area (Å²) in [5.74, 6) is 0.178. The van der Waals surface area contributed by atoms with E-state index in [1.807, 2.05) is 60.7 Å². The Morgan fingerprint density at radius 2 is 1.68 bits per heavy atom. The summed E-state index contributed by atoms with van der Waals surface area (Å²) in [6.07, 6.45) is -0.255. The first kappa shape index (κ1) is 17.2. The molecule has 4 heteroatoms. The van der Waals surface area contributed by atoms with E-state index in [1.165, 1.54) is 4.90 Å². The largest absolute Gasteiger partial charge is 0.446 e. The monoisotopic (exact) mass is 337 g/mol. The molecule has 1 heterocycles. The van der Waals surface area contributed by atoms with Gasteiger partial charge in [-0.15, -0.1) is 0 Å². The second kappa shape index (κ2) is 7.51. The summed E-state index contributed by atoms with van der Waals surface area (Å²) in [5.41, 5.74) is 2.04. The van der Waals surface area contributed by atoms with Crippen molar-refractivity contribution in [2.24, 2.45) is 5.92 Å². The molecule has 1 fully saturated rings. The van der Waals surface area contributed by atoms with Crippen LogP contribution in [0.15, 0.2) is 60.7 Å². The third-order valence-corrected chi connectivity index (χ3v) is 4.75. The Morgan fingerprint density at radius 1 is 1.08 bits per heavy atom. The minimum absolute atomic E-state index is 0.0681. The van der Waals surface area contributed by atoms with E-state index in [4.69, 9.17) is 4.74 Å². The summed E-state index contributed by atoms with van der Waals surface area (Å²) in [7, 11) is 0. The molecule has 0 bridgehead atoms. The molecule has 25 heavy (non-hydrogen) atoms. The Labute approximate surface area is 148 Å². The number of hydrogen-bond donors (Lipinski definition) is 0. The predicted molar refractivity (Wildman–Crippen MR) is 96.0 cm³/mol. The molecule has 0 aromatic heterocycles. The van der Waals surface area contributed by atoms with Crippen molar-refractivity contribution in [1.82, 2.24) is 4.90 Å². The van der Waals surface area contributed by atoms with Crippen LogP contribution in [0.4, 0.5) is 4.79 Å². The van der Waals surface area contributed by atoms with Crippen LogP contribution in [0, 0.1) is 5.92 Å². The maximum atomic E-state index is 13.0. The van der Waals surface area contributed by atoms with Crippen molar-refractivity contribution in [3.05, 3.63) is 71.8 Å². The fraction of sp³-hybridized carbons (Fsp3) is 0.333. The number of benzene rings is 2. The lowest BCUT2D eigenvalue weighted by molar-refractivity contribution is -0.129. The average molecular weight is 337 g/mol. The van der Waals surface area contributed by atoms with E-state index in [-0.39, 0.29) is 24.5 Å². The first-order valence-electron chi connectivity index (χ1n) is 8.66. The highest BCUT2D eigenvalue weighted by Gasteiger charge is 2.39. The highest BCUT2D eigenvalue weighted by atomic mass is 16.6. The van der Waals surface area contributed by atoms with Crippen molar-refractivity contribution in [1.29, 1.82) is 0 Å². The fourth-order valence-corrected chi connectivity index (χ4v) is 3.34. The van der Waals surface area contributed by atoms with Gasteiger partial charge in [0.1, 0.15) is 12.6 Å². The molecular formula is C21H23NO3. The van der Waals surface area contributed by atoms with Crippen LogP contribution in [-0.4, -0.2) is 23.5 Å². The number of nitrogens with zero attached hydrogens (tertiary/aromatic N) is 1. The summed E-state index contributed by atoms with van der Waals surface area (Å²) < 4.78 is 5.17. The van der Waals surface area contributed by atoms with Crippen molar-refractivity contribution < 1.29 is 14.3 Å². The summed E-state index contributed by atoms with van der Waals surface area (Å²) in [6.45, 7) is 4.41. The maximum Gasteiger partial charge on any atom is 0.417 e. The molecule has 2 aromatic carbocycles. The van der Waals surface area contributed by atoms with Gasteiger partial charge in [-0.3, -0.25) is 4.79 Å². The molecule has 130 valence electrons. The standard InChI is InChI=1S/C21H23NO3/c1-15(2)18(16-9-5-3-6-10-16)13-20(23)22-19(14-25-21(22)24)17-11-7-4-8-12-17/h3-12,15,18-19H,13-14H2,1-2H3/t18-,19+/m0/s1. The van der Waals surface area contributed by atoms with E-state index in [1.54, 1.807) is 0 Å². The Hall–Kier alpha value is -2.62. The minimum atomic E-state index is -0.547. The summed E-state index contributed by atoms with van der Waals surface area (Å²) in [4.78, 5) is 26.4. The molecule has 0 unspecified atom stereocenters. The molecule has 2 aromatic rings.